The van der Waals surface area contributed by atoms with Crippen molar-refractivity contribution in [3.05, 3.63) is 29.8 Å². The van der Waals surface area contributed by atoms with Gasteiger partial charge >= 0.3 is 0 Å². The van der Waals surface area contributed by atoms with Crippen molar-refractivity contribution in [2.75, 3.05) is 11.6 Å². The maximum atomic E-state index is 11.2. The summed E-state index contributed by atoms with van der Waals surface area (Å²) in [6.07, 6.45) is 0. The van der Waals surface area contributed by atoms with Crippen LogP contribution in [-0.4, -0.2) is 12.5 Å². The molecule has 1 aliphatic heterocycles. The summed E-state index contributed by atoms with van der Waals surface area (Å²) in [5, 5.41) is 17.1. The molecular weight excluding hydrogens is 180 g/mol. The second-order valence-electron chi connectivity index (χ2n) is 2.76. The average molecular weight is 186 g/mol. The summed E-state index contributed by atoms with van der Waals surface area (Å²) in [6.45, 7) is 0.0801. The number of nitriles is 1. The molecule has 0 fully saturated rings. The highest BCUT2D eigenvalue weighted by Crippen LogP contribution is 2.19. The fraction of sp³-hybridized carbons (Fsp3) is 0.111. The molecule has 68 valence electrons. The molecule has 0 aromatic heterocycles. The molecule has 0 N–H and O–H groups in total. The highest BCUT2D eigenvalue weighted by Gasteiger charge is 2.19. The molecule has 1 aliphatic rings. The van der Waals surface area contributed by atoms with E-state index in [1.54, 1.807) is 24.3 Å². The van der Waals surface area contributed by atoms with Gasteiger partial charge in [-0.25, -0.2) is 0 Å². The minimum absolute atomic E-state index is 0.0801. The number of amides is 1. The Morgan fingerprint density at radius 3 is 3.00 bits per heavy atom. The monoisotopic (exact) mass is 186 g/mol. The molecule has 1 heterocycles. The van der Waals surface area contributed by atoms with Crippen LogP contribution in [0.2, 0.25) is 0 Å². The van der Waals surface area contributed by atoms with E-state index in [9.17, 15) is 4.79 Å². The van der Waals surface area contributed by atoms with Crippen LogP contribution in [0.4, 0.5) is 5.69 Å². The summed E-state index contributed by atoms with van der Waals surface area (Å²) in [5.74, 6) is -0.180. The van der Waals surface area contributed by atoms with Gasteiger partial charge in [-0.05, 0) is 18.2 Å². The molecule has 1 aromatic carbocycles. The zero-order valence-electron chi connectivity index (χ0n) is 7.21. The Bertz CT molecular complexity index is 446. The van der Waals surface area contributed by atoms with Gasteiger partial charge in [0.05, 0.1) is 17.3 Å². The van der Waals surface area contributed by atoms with Crippen LogP contribution in [0.15, 0.2) is 34.6 Å². The molecule has 0 bridgehead atoms. The molecule has 1 aromatic rings. The average Bonchev–Trinajstić information content (AvgIpc) is 2.65. The number of benzene rings is 1. The van der Waals surface area contributed by atoms with Gasteiger partial charge in [0.25, 0.3) is 5.91 Å². The molecule has 0 unspecified atom stereocenters. The van der Waals surface area contributed by atoms with E-state index in [1.165, 1.54) is 5.01 Å². The number of anilines is 1. The molecule has 14 heavy (non-hydrogen) atoms. The van der Waals surface area contributed by atoms with E-state index in [0.717, 1.165) is 0 Å². The predicted octanol–water partition coefficient (Wildman–Crippen LogP) is 1.27. The van der Waals surface area contributed by atoms with Crippen molar-refractivity contribution in [3.63, 3.8) is 0 Å². The van der Waals surface area contributed by atoms with Gasteiger partial charge in [-0.1, -0.05) is 11.3 Å². The van der Waals surface area contributed by atoms with E-state index in [1.807, 2.05) is 6.07 Å². The number of carbonyl (C=O) groups excluding carboxylic acids is 1. The third kappa shape index (κ3) is 1.33. The van der Waals surface area contributed by atoms with Gasteiger partial charge < -0.3 is 0 Å². The van der Waals surface area contributed by atoms with E-state index in [2.05, 4.69) is 10.3 Å². The first kappa shape index (κ1) is 8.38. The summed E-state index contributed by atoms with van der Waals surface area (Å²) in [4.78, 5) is 11.2. The fourth-order valence-electron chi connectivity index (χ4n) is 1.18. The molecule has 2 rings (SSSR count). The van der Waals surface area contributed by atoms with E-state index in [4.69, 9.17) is 5.26 Å². The molecule has 0 radical (unpaired) electrons. The van der Waals surface area contributed by atoms with E-state index in [0.29, 0.717) is 11.3 Å². The molecule has 0 aliphatic carbocycles. The Kier molecular flexibility index (Phi) is 1.95. The highest BCUT2D eigenvalue weighted by molar-refractivity contribution is 5.95. The lowest BCUT2D eigenvalue weighted by Crippen LogP contribution is -2.21. The van der Waals surface area contributed by atoms with Gasteiger partial charge in [0.15, 0.2) is 0 Å². The topological polar surface area (TPSA) is 68.8 Å². The van der Waals surface area contributed by atoms with E-state index < -0.39 is 0 Å². The first-order valence-corrected chi connectivity index (χ1v) is 4.02. The quantitative estimate of drug-likeness (QED) is 0.662. The number of rotatable bonds is 1. The van der Waals surface area contributed by atoms with Gasteiger partial charge in [0.2, 0.25) is 0 Å². The van der Waals surface area contributed by atoms with Crippen LogP contribution in [0.5, 0.6) is 0 Å². The largest absolute Gasteiger partial charge is 0.272 e. The molecule has 5 nitrogen and oxygen atoms in total. The Hall–Kier alpha value is -2.22. The first-order valence-electron chi connectivity index (χ1n) is 4.02. The number of carbonyl (C=O) groups is 1. The second-order valence-corrected chi connectivity index (χ2v) is 2.76. The highest BCUT2D eigenvalue weighted by atomic mass is 16.2. The van der Waals surface area contributed by atoms with Crippen LogP contribution in [0.1, 0.15) is 5.56 Å². The van der Waals surface area contributed by atoms with Crippen molar-refractivity contribution in [1.82, 2.24) is 0 Å². The maximum Gasteiger partial charge on any atom is 0.272 e. The fourth-order valence-corrected chi connectivity index (χ4v) is 1.18. The minimum Gasteiger partial charge on any atom is -0.270 e. The summed E-state index contributed by atoms with van der Waals surface area (Å²) >= 11 is 0. The maximum absolute atomic E-state index is 11.2. The lowest BCUT2D eigenvalue weighted by Gasteiger charge is -2.08. The minimum atomic E-state index is -0.180. The van der Waals surface area contributed by atoms with E-state index >= 15 is 0 Å². The zero-order valence-corrected chi connectivity index (χ0v) is 7.21. The van der Waals surface area contributed by atoms with Crippen LogP contribution < -0.4 is 5.01 Å². The van der Waals surface area contributed by atoms with Gasteiger partial charge in [0, 0.05) is 0 Å². The standard InChI is InChI=1S/C9H6N4O/c10-5-7-2-1-3-8(4-7)13-9(14)6-11-12-13/h1-4H,6H2. The molecule has 0 saturated heterocycles. The zero-order chi connectivity index (χ0) is 9.97. The summed E-state index contributed by atoms with van der Waals surface area (Å²) in [6, 6.07) is 8.68. The number of hydrogen-bond acceptors (Lipinski definition) is 4. The van der Waals surface area contributed by atoms with Crippen molar-refractivity contribution in [3.8, 4) is 6.07 Å². The molecule has 0 spiro atoms. The van der Waals surface area contributed by atoms with Gasteiger partial charge in [-0.3, -0.25) is 4.79 Å². The van der Waals surface area contributed by atoms with Crippen molar-refractivity contribution in [1.29, 1.82) is 5.26 Å². The molecule has 5 heteroatoms. The van der Waals surface area contributed by atoms with Crippen molar-refractivity contribution in [2.24, 2.45) is 10.3 Å². The lowest BCUT2D eigenvalue weighted by atomic mass is 10.2. The van der Waals surface area contributed by atoms with Crippen LogP contribution >= 0.6 is 0 Å². The number of nitrogens with zero attached hydrogens (tertiary/aromatic N) is 4. The lowest BCUT2D eigenvalue weighted by molar-refractivity contribution is -0.116. The van der Waals surface area contributed by atoms with Crippen molar-refractivity contribution < 1.29 is 4.79 Å². The second kappa shape index (κ2) is 3.26. The summed E-state index contributed by atoms with van der Waals surface area (Å²) in [7, 11) is 0. The van der Waals surface area contributed by atoms with Crippen LogP contribution in [0, 0.1) is 11.3 Å². The third-order valence-electron chi connectivity index (χ3n) is 1.81. The molecule has 1 amide bonds. The molecule has 0 atom stereocenters. The first-order chi connectivity index (χ1) is 6.81. The Morgan fingerprint density at radius 2 is 2.36 bits per heavy atom. The van der Waals surface area contributed by atoms with Gasteiger partial charge in [-0.2, -0.15) is 15.4 Å². The summed E-state index contributed by atoms with van der Waals surface area (Å²) in [5.41, 5.74) is 1.08. The normalized spacial score (nSPS) is 14.5. The van der Waals surface area contributed by atoms with Crippen molar-refractivity contribution >= 4 is 11.6 Å². The van der Waals surface area contributed by atoms with Gasteiger partial charge in [0.1, 0.15) is 6.54 Å². The third-order valence-corrected chi connectivity index (χ3v) is 1.81. The molecular formula is C9H6N4O. The summed E-state index contributed by atoms with van der Waals surface area (Å²) < 4.78 is 0. The number of hydrogen-bond donors (Lipinski definition) is 0. The SMILES string of the molecule is N#Cc1cccc(N2N=NCC2=O)c1. The van der Waals surface area contributed by atoms with Crippen molar-refractivity contribution in [2.45, 2.75) is 0 Å². The Morgan fingerprint density at radius 1 is 1.50 bits per heavy atom. The van der Waals surface area contributed by atoms with Crippen LogP contribution in [0.3, 0.4) is 0 Å². The Balaban J connectivity index is 2.37. The van der Waals surface area contributed by atoms with Gasteiger partial charge in [-0.15, -0.1) is 0 Å². The van der Waals surface area contributed by atoms with Crippen LogP contribution in [-0.2, 0) is 4.79 Å². The Labute approximate surface area is 80.3 Å². The predicted molar refractivity (Wildman–Crippen MR) is 48.4 cm³/mol. The van der Waals surface area contributed by atoms with E-state index in [-0.39, 0.29) is 12.5 Å². The van der Waals surface area contributed by atoms with Crippen LogP contribution in [0.25, 0.3) is 0 Å². The smallest absolute Gasteiger partial charge is 0.270 e. The molecule has 0 saturated carbocycles.